The average Bonchev–Trinajstić information content (AvgIpc) is 3.27. The molecule has 0 radical (unpaired) electrons. The highest BCUT2D eigenvalue weighted by atomic mass is 16.1. The van der Waals surface area contributed by atoms with Crippen LogP contribution in [0.4, 0.5) is 0 Å². The molecular weight excluding hydrogens is 424 g/mol. The molecule has 0 aliphatic rings. The maximum atomic E-state index is 13.1. The molecule has 7 nitrogen and oxygen atoms in total. The minimum absolute atomic E-state index is 0.0516. The van der Waals surface area contributed by atoms with Gasteiger partial charge in [-0.1, -0.05) is 37.3 Å². The highest BCUT2D eigenvalue weighted by molar-refractivity contribution is 5.80. The van der Waals surface area contributed by atoms with Crippen LogP contribution in [-0.4, -0.2) is 30.1 Å². The zero-order valence-electron chi connectivity index (χ0n) is 21.0. The van der Waals surface area contributed by atoms with Crippen molar-refractivity contribution in [1.29, 1.82) is 0 Å². The molecule has 0 bridgehead atoms. The summed E-state index contributed by atoms with van der Waals surface area (Å²) in [5, 5.41) is 13.8. The summed E-state index contributed by atoms with van der Waals surface area (Å²) in [6.07, 6.45) is 0.813. The summed E-state index contributed by atoms with van der Waals surface area (Å²) in [6, 6.07) is 16.5. The van der Waals surface area contributed by atoms with Crippen LogP contribution < -0.4 is 5.56 Å². The van der Waals surface area contributed by atoms with E-state index in [1.807, 2.05) is 35.0 Å². The third kappa shape index (κ3) is 4.94. The zero-order valence-corrected chi connectivity index (χ0v) is 21.0. The van der Waals surface area contributed by atoms with Gasteiger partial charge in [-0.25, -0.2) is 4.68 Å². The van der Waals surface area contributed by atoms with Gasteiger partial charge in [-0.2, -0.15) is 0 Å². The maximum Gasteiger partial charge on any atom is 0.252 e. The number of pyridine rings is 1. The molecule has 7 heteroatoms. The molecule has 34 heavy (non-hydrogen) atoms. The molecule has 4 aromatic rings. The lowest BCUT2D eigenvalue weighted by atomic mass is 10.0. The van der Waals surface area contributed by atoms with Gasteiger partial charge < -0.3 is 4.98 Å². The van der Waals surface area contributed by atoms with Crippen molar-refractivity contribution in [3.8, 4) is 0 Å². The molecule has 2 aromatic carbocycles. The number of hydrogen-bond donors (Lipinski definition) is 1. The molecule has 0 saturated heterocycles. The largest absolute Gasteiger partial charge is 0.322 e. The molecule has 1 N–H and O–H groups in total. The van der Waals surface area contributed by atoms with Crippen LogP contribution in [-0.2, 0) is 18.6 Å². The number of aromatic nitrogens is 5. The van der Waals surface area contributed by atoms with E-state index in [0.29, 0.717) is 13.1 Å². The van der Waals surface area contributed by atoms with Crippen molar-refractivity contribution in [3.05, 3.63) is 87.0 Å². The van der Waals surface area contributed by atoms with Crippen molar-refractivity contribution in [2.45, 2.75) is 72.6 Å². The van der Waals surface area contributed by atoms with Gasteiger partial charge in [0.2, 0.25) is 0 Å². The molecule has 4 rings (SSSR count). The topological polar surface area (TPSA) is 79.7 Å². The second-order valence-corrected chi connectivity index (χ2v) is 10.1. The second kappa shape index (κ2) is 9.50. The molecular formula is C27H34N6O. The lowest BCUT2D eigenvalue weighted by Crippen LogP contribution is -2.35. The minimum Gasteiger partial charge on any atom is -0.322 e. The SMILES string of the molecule is CC[C@@H](c1nnnn1C(C)(C)C)N(Cc1ccccc1)Cc1cc2cc(C)c(C)cc2[nH]c1=O. The van der Waals surface area contributed by atoms with Gasteiger partial charge in [-0.05, 0) is 91.7 Å². The number of nitrogens with one attached hydrogen (secondary N) is 1. The van der Waals surface area contributed by atoms with Gasteiger partial charge in [0.05, 0.1) is 11.6 Å². The minimum atomic E-state index is -0.250. The van der Waals surface area contributed by atoms with E-state index in [2.05, 4.69) is 85.2 Å². The first-order valence-electron chi connectivity index (χ1n) is 11.9. The Hall–Kier alpha value is -3.32. The highest BCUT2D eigenvalue weighted by Crippen LogP contribution is 2.29. The van der Waals surface area contributed by atoms with Crippen molar-refractivity contribution in [2.24, 2.45) is 0 Å². The van der Waals surface area contributed by atoms with Crippen molar-refractivity contribution in [1.82, 2.24) is 30.1 Å². The smallest absolute Gasteiger partial charge is 0.252 e. The van der Waals surface area contributed by atoms with Crippen molar-refractivity contribution < 1.29 is 0 Å². The van der Waals surface area contributed by atoms with E-state index in [1.165, 1.54) is 16.7 Å². The Labute approximate surface area is 200 Å². The fourth-order valence-corrected chi connectivity index (χ4v) is 4.44. The van der Waals surface area contributed by atoms with Crippen LogP contribution in [0, 0.1) is 13.8 Å². The molecule has 0 saturated carbocycles. The van der Waals surface area contributed by atoms with Crippen LogP contribution in [0.1, 0.15) is 68.2 Å². The van der Waals surface area contributed by atoms with E-state index in [9.17, 15) is 4.79 Å². The van der Waals surface area contributed by atoms with Crippen molar-refractivity contribution in [3.63, 3.8) is 0 Å². The molecule has 0 aliphatic heterocycles. The number of H-pyrrole nitrogens is 1. The van der Waals surface area contributed by atoms with Gasteiger partial charge in [-0.3, -0.25) is 9.69 Å². The number of tetrazole rings is 1. The van der Waals surface area contributed by atoms with Crippen LogP contribution in [0.3, 0.4) is 0 Å². The molecule has 2 heterocycles. The first-order valence-corrected chi connectivity index (χ1v) is 11.9. The fraction of sp³-hybridized carbons (Fsp3) is 0.407. The number of nitrogens with zero attached hydrogens (tertiary/aromatic N) is 5. The van der Waals surface area contributed by atoms with Gasteiger partial charge in [0, 0.05) is 24.2 Å². The lowest BCUT2D eigenvalue weighted by Gasteiger charge is -2.32. The van der Waals surface area contributed by atoms with Crippen LogP contribution in [0.2, 0.25) is 0 Å². The molecule has 0 unspecified atom stereocenters. The van der Waals surface area contributed by atoms with Crippen LogP contribution in [0.15, 0.2) is 53.3 Å². The first-order chi connectivity index (χ1) is 16.2. The molecule has 1 atom stereocenters. The predicted octanol–water partition coefficient (Wildman–Crippen LogP) is 5.04. The van der Waals surface area contributed by atoms with Gasteiger partial charge in [0.15, 0.2) is 5.82 Å². The van der Waals surface area contributed by atoms with E-state index in [1.54, 1.807) is 0 Å². The summed E-state index contributed by atoms with van der Waals surface area (Å²) < 4.78 is 1.90. The number of benzene rings is 2. The molecule has 2 aromatic heterocycles. The normalized spacial score (nSPS) is 13.0. The Morgan fingerprint density at radius 1 is 1.03 bits per heavy atom. The van der Waals surface area contributed by atoms with E-state index in [0.717, 1.165) is 28.7 Å². The number of fused-ring (bicyclic) bond motifs is 1. The summed E-state index contributed by atoms with van der Waals surface area (Å²) >= 11 is 0. The Morgan fingerprint density at radius 3 is 2.41 bits per heavy atom. The Balaban J connectivity index is 1.78. The molecule has 0 aliphatic carbocycles. The van der Waals surface area contributed by atoms with E-state index in [4.69, 9.17) is 0 Å². The number of hydrogen-bond acceptors (Lipinski definition) is 5. The summed E-state index contributed by atoms with van der Waals surface area (Å²) in [4.78, 5) is 18.5. The van der Waals surface area contributed by atoms with Crippen LogP contribution in [0.25, 0.3) is 10.9 Å². The summed E-state index contributed by atoms with van der Waals surface area (Å²) in [5.41, 5.74) is 4.86. The van der Waals surface area contributed by atoms with E-state index < -0.39 is 0 Å². The standard InChI is InChI=1S/C27H34N6O/c1-7-24(25-29-30-31-33(25)27(4,5)6)32(16-20-11-9-8-10-12-20)17-22-15-21-13-18(2)19(3)14-23(21)28-26(22)34/h8-15,24H,7,16-17H2,1-6H3,(H,28,34)/t24-/m0/s1. The Kier molecular flexibility index (Phi) is 6.66. The monoisotopic (exact) mass is 458 g/mol. The molecule has 0 amide bonds. The molecule has 0 spiro atoms. The quantitative estimate of drug-likeness (QED) is 0.420. The highest BCUT2D eigenvalue weighted by Gasteiger charge is 2.29. The van der Waals surface area contributed by atoms with Crippen LogP contribution >= 0.6 is 0 Å². The average molecular weight is 459 g/mol. The Bertz CT molecular complexity index is 1330. The summed E-state index contributed by atoms with van der Waals surface area (Å²) in [7, 11) is 0. The van der Waals surface area contributed by atoms with Crippen LogP contribution in [0.5, 0.6) is 0 Å². The second-order valence-electron chi connectivity index (χ2n) is 10.1. The van der Waals surface area contributed by atoms with Gasteiger partial charge in [-0.15, -0.1) is 5.10 Å². The number of aryl methyl sites for hydroxylation is 2. The Morgan fingerprint density at radius 2 is 1.74 bits per heavy atom. The zero-order chi connectivity index (χ0) is 24.5. The van der Waals surface area contributed by atoms with Gasteiger partial charge in [0.1, 0.15) is 0 Å². The predicted molar refractivity (Wildman–Crippen MR) is 136 cm³/mol. The molecule has 0 fully saturated rings. The summed E-state index contributed by atoms with van der Waals surface area (Å²) in [5.74, 6) is 0.814. The lowest BCUT2D eigenvalue weighted by molar-refractivity contribution is 0.153. The third-order valence-corrected chi connectivity index (χ3v) is 6.39. The number of rotatable bonds is 7. The van der Waals surface area contributed by atoms with Crippen molar-refractivity contribution in [2.75, 3.05) is 0 Å². The van der Waals surface area contributed by atoms with E-state index in [-0.39, 0.29) is 17.1 Å². The molecule has 178 valence electrons. The van der Waals surface area contributed by atoms with E-state index >= 15 is 0 Å². The number of aromatic amines is 1. The van der Waals surface area contributed by atoms with Gasteiger partial charge >= 0.3 is 0 Å². The van der Waals surface area contributed by atoms with Gasteiger partial charge in [0.25, 0.3) is 5.56 Å². The van der Waals surface area contributed by atoms with Crippen molar-refractivity contribution >= 4 is 10.9 Å². The fourth-order valence-electron chi connectivity index (χ4n) is 4.44. The maximum absolute atomic E-state index is 13.1. The third-order valence-electron chi connectivity index (χ3n) is 6.39. The summed E-state index contributed by atoms with van der Waals surface area (Å²) in [6.45, 7) is 13.8. The first kappa shape index (κ1) is 23.8.